The minimum Gasteiger partial charge on any atom is -0.398 e. The van der Waals surface area contributed by atoms with E-state index in [1.807, 2.05) is 39.0 Å². The Morgan fingerprint density at radius 3 is 2.38 bits per heavy atom. The van der Waals surface area contributed by atoms with E-state index in [0.29, 0.717) is 28.9 Å². The third-order valence-corrected chi connectivity index (χ3v) is 4.08. The van der Waals surface area contributed by atoms with Crippen molar-refractivity contribution in [2.24, 2.45) is 0 Å². The number of anilines is 1. The predicted molar refractivity (Wildman–Crippen MR) is 130 cm³/mol. The fourth-order valence-corrected chi connectivity index (χ4v) is 2.71. The third kappa shape index (κ3) is 6.64. The first-order valence-electron chi connectivity index (χ1n) is 10.8. The summed E-state index contributed by atoms with van der Waals surface area (Å²) in [4.78, 5) is 11.2. The van der Waals surface area contributed by atoms with Gasteiger partial charge in [-0.1, -0.05) is 59.3 Å². The zero-order valence-corrected chi connectivity index (χ0v) is 19.4. The van der Waals surface area contributed by atoms with E-state index < -0.39 is 5.82 Å². The van der Waals surface area contributed by atoms with Crippen LogP contribution in [0.2, 0.25) is 0 Å². The minimum atomic E-state index is -0.626. The van der Waals surface area contributed by atoms with E-state index >= 15 is 0 Å². The number of nitrogen functional groups attached to an aromatic ring is 1. The summed E-state index contributed by atoms with van der Waals surface area (Å²) in [5.41, 5.74) is 9.39. The summed E-state index contributed by atoms with van der Waals surface area (Å²) in [5, 5.41) is 13.2. The van der Waals surface area contributed by atoms with E-state index in [-0.39, 0.29) is 11.3 Å². The highest BCUT2D eigenvalue weighted by molar-refractivity contribution is 5.77. The van der Waals surface area contributed by atoms with Gasteiger partial charge in [0.05, 0.1) is 16.9 Å². The molecule has 0 aliphatic carbocycles. The van der Waals surface area contributed by atoms with Gasteiger partial charge in [0.25, 0.3) is 0 Å². The van der Waals surface area contributed by atoms with Crippen molar-refractivity contribution in [3.05, 3.63) is 71.2 Å². The van der Waals surface area contributed by atoms with Crippen LogP contribution in [-0.2, 0) is 0 Å². The summed E-state index contributed by atoms with van der Waals surface area (Å²) in [6, 6.07) is 13.1. The zero-order valence-electron chi connectivity index (χ0n) is 19.4. The maximum atomic E-state index is 14.1. The molecule has 0 aliphatic heterocycles. The summed E-state index contributed by atoms with van der Waals surface area (Å²) in [7, 11) is 0. The van der Waals surface area contributed by atoms with Crippen LogP contribution >= 0.6 is 0 Å². The van der Waals surface area contributed by atoms with Gasteiger partial charge in [0.2, 0.25) is 0 Å². The van der Waals surface area contributed by atoms with Gasteiger partial charge in [0.1, 0.15) is 17.6 Å². The molecule has 5 nitrogen and oxygen atoms in total. The largest absolute Gasteiger partial charge is 0.398 e. The molecule has 0 spiro atoms. The van der Waals surface area contributed by atoms with Crippen molar-refractivity contribution in [1.29, 1.82) is 5.26 Å². The van der Waals surface area contributed by atoms with E-state index in [2.05, 4.69) is 18.9 Å². The molecule has 0 radical (unpaired) electrons. The molecule has 6 heteroatoms. The molecule has 3 rings (SSSR count). The van der Waals surface area contributed by atoms with E-state index in [0.717, 1.165) is 12.0 Å². The lowest BCUT2D eigenvalue weighted by molar-refractivity contribution is 0.111. The summed E-state index contributed by atoms with van der Waals surface area (Å²) in [6.07, 6.45) is 6.67. The Hall–Kier alpha value is -3.72. The number of nitriles is 1. The first kappa shape index (κ1) is 26.3. The molecular formula is C26H31FN4O. The van der Waals surface area contributed by atoms with Crippen LogP contribution in [0.4, 0.5) is 10.1 Å². The van der Waals surface area contributed by atoms with Crippen molar-refractivity contribution in [2.45, 2.75) is 47.5 Å². The van der Waals surface area contributed by atoms with Crippen LogP contribution in [0, 0.1) is 17.1 Å². The number of carbonyl (C=O) groups excluding carboxylic acids is 1. The molecular weight excluding hydrogens is 403 g/mol. The highest BCUT2D eigenvalue weighted by Crippen LogP contribution is 2.27. The number of hydrogen-bond donors (Lipinski definition) is 1. The Morgan fingerprint density at radius 1 is 1.12 bits per heavy atom. The summed E-state index contributed by atoms with van der Waals surface area (Å²) < 4.78 is 15.6. The number of hydrogen-bond acceptors (Lipinski definition) is 4. The highest BCUT2D eigenvalue weighted by atomic mass is 19.1. The number of nitrogens with two attached hydrogens (primary N) is 1. The average molecular weight is 435 g/mol. The number of carbonyl (C=O) groups is 1. The van der Waals surface area contributed by atoms with Gasteiger partial charge in [-0.2, -0.15) is 10.4 Å². The Bertz CT molecular complexity index is 1090. The first-order chi connectivity index (χ1) is 15.5. The summed E-state index contributed by atoms with van der Waals surface area (Å²) in [6.45, 7) is 10.3. The van der Waals surface area contributed by atoms with Crippen LogP contribution in [-0.4, -0.2) is 16.1 Å². The van der Waals surface area contributed by atoms with Gasteiger partial charge < -0.3 is 5.73 Å². The molecule has 0 saturated carbocycles. The minimum absolute atomic E-state index is 0.0418. The Labute approximate surface area is 190 Å². The first-order valence-corrected chi connectivity index (χ1v) is 10.8. The van der Waals surface area contributed by atoms with E-state index in [1.165, 1.54) is 18.6 Å². The van der Waals surface area contributed by atoms with Crippen molar-refractivity contribution in [3.63, 3.8) is 0 Å². The molecule has 168 valence electrons. The maximum absolute atomic E-state index is 14.1. The van der Waals surface area contributed by atoms with Crippen LogP contribution in [0.15, 0.2) is 48.5 Å². The van der Waals surface area contributed by atoms with Crippen LogP contribution in [0.25, 0.3) is 23.0 Å². The lowest BCUT2D eigenvalue weighted by atomic mass is 10.1. The SMILES string of the molecule is CC.CC/C=C/c1cc(-n2nc(C=O)cc2-c2ccc(C#N)c(F)c2)ccc1N.CCC. The van der Waals surface area contributed by atoms with Gasteiger partial charge >= 0.3 is 0 Å². The van der Waals surface area contributed by atoms with Crippen molar-refractivity contribution >= 4 is 18.0 Å². The third-order valence-electron chi connectivity index (χ3n) is 4.08. The normalized spacial score (nSPS) is 9.91. The molecule has 32 heavy (non-hydrogen) atoms. The van der Waals surface area contributed by atoms with Gasteiger partial charge in [-0.25, -0.2) is 9.07 Å². The quantitative estimate of drug-likeness (QED) is 0.353. The van der Waals surface area contributed by atoms with Crippen molar-refractivity contribution in [3.8, 4) is 23.0 Å². The highest BCUT2D eigenvalue weighted by Gasteiger charge is 2.14. The molecule has 1 heterocycles. The van der Waals surface area contributed by atoms with Crippen molar-refractivity contribution < 1.29 is 9.18 Å². The van der Waals surface area contributed by atoms with Crippen LogP contribution in [0.1, 0.15) is 69.1 Å². The number of benzene rings is 2. The standard InChI is InChI=1S/C21H17FN4O.C3H8.C2H6/c1-2-3-4-14-9-18(7-8-20(14)24)26-21(11-17(13-27)25-26)15-5-6-16(12-23)19(22)10-15;1-3-2;1-2/h3-11,13H,2,24H2,1H3;3H2,1-2H3;1-2H3/b4-3+;;. The van der Waals surface area contributed by atoms with Gasteiger partial charge in [0.15, 0.2) is 6.29 Å². The number of nitrogens with zero attached hydrogens (tertiary/aromatic N) is 3. The number of halogens is 1. The van der Waals surface area contributed by atoms with Crippen molar-refractivity contribution in [1.82, 2.24) is 9.78 Å². The second-order valence-electron chi connectivity index (χ2n) is 6.62. The molecule has 2 aromatic carbocycles. The Kier molecular flexibility index (Phi) is 11.1. The van der Waals surface area contributed by atoms with Crippen LogP contribution < -0.4 is 5.73 Å². The smallest absolute Gasteiger partial charge is 0.170 e. The van der Waals surface area contributed by atoms with Gasteiger partial charge in [-0.05, 0) is 48.4 Å². The Balaban J connectivity index is 0.000000944. The molecule has 1 aromatic heterocycles. The topological polar surface area (TPSA) is 84.7 Å². The lowest BCUT2D eigenvalue weighted by Crippen LogP contribution is -2.02. The molecule has 2 N–H and O–H groups in total. The predicted octanol–water partition coefficient (Wildman–Crippen LogP) is 6.81. The average Bonchev–Trinajstić information content (AvgIpc) is 3.25. The monoisotopic (exact) mass is 434 g/mol. The molecule has 0 bridgehead atoms. The molecule has 0 unspecified atom stereocenters. The van der Waals surface area contributed by atoms with Crippen LogP contribution in [0.5, 0.6) is 0 Å². The summed E-state index contributed by atoms with van der Waals surface area (Å²) >= 11 is 0. The second kappa shape index (κ2) is 13.6. The molecule has 0 aliphatic rings. The number of allylic oxidation sites excluding steroid dienone is 1. The molecule has 0 fully saturated rings. The second-order valence-corrected chi connectivity index (χ2v) is 6.62. The van der Waals surface area contributed by atoms with E-state index in [4.69, 9.17) is 11.0 Å². The van der Waals surface area contributed by atoms with Gasteiger partial charge in [-0.15, -0.1) is 0 Å². The van der Waals surface area contributed by atoms with Gasteiger partial charge in [0, 0.05) is 11.3 Å². The number of rotatable bonds is 5. The van der Waals surface area contributed by atoms with Crippen molar-refractivity contribution in [2.75, 3.05) is 5.73 Å². The van der Waals surface area contributed by atoms with Crippen LogP contribution in [0.3, 0.4) is 0 Å². The lowest BCUT2D eigenvalue weighted by Gasteiger charge is -2.10. The zero-order chi connectivity index (χ0) is 24.1. The molecule has 0 amide bonds. The maximum Gasteiger partial charge on any atom is 0.170 e. The molecule has 0 saturated heterocycles. The van der Waals surface area contributed by atoms with Gasteiger partial charge in [-0.3, -0.25) is 4.79 Å². The fourth-order valence-electron chi connectivity index (χ4n) is 2.71. The number of aromatic nitrogens is 2. The number of aldehydes is 1. The molecule has 3 aromatic rings. The van der Waals surface area contributed by atoms with E-state index in [9.17, 15) is 9.18 Å². The van der Waals surface area contributed by atoms with E-state index in [1.54, 1.807) is 35.0 Å². The fraction of sp³-hybridized carbons (Fsp3) is 0.269. The molecule has 0 atom stereocenters. The summed E-state index contributed by atoms with van der Waals surface area (Å²) in [5.74, 6) is -0.626. The Morgan fingerprint density at radius 2 is 1.81 bits per heavy atom.